The zero-order valence-corrected chi connectivity index (χ0v) is 13.6. The summed E-state index contributed by atoms with van der Waals surface area (Å²) < 4.78 is 10.6. The first-order valence-corrected chi connectivity index (χ1v) is 7.35. The average molecular weight is 333 g/mol. The van der Waals surface area contributed by atoms with Crippen molar-refractivity contribution in [2.45, 2.75) is 13.0 Å². The fourth-order valence-corrected chi connectivity index (χ4v) is 1.93. The van der Waals surface area contributed by atoms with Crippen molar-refractivity contribution in [1.82, 2.24) is 5.43 Å². The number of amides is 1. The summed E-state index contributed by atoms with van der Waals surface area (Å²) in [5, 5.41) is 4.45. The zero-order chi connectivity index (χ0) is 16.7. The molecule has 2 aromatic carbocycles. The second-order valence-corrected chi connectivity index (χ2v) is 5.16. The molecule has 23 heavy (non-hydrogen) atoms. The fourth-order valence-electron chi connectivity index (χ4n) is 1.75. The van der Waals surface area contributed by atoms with Crippen LogP contribution < -0.4 is 14.9 Å². The van der Waals surface area contributed by atoms with Gasteiger partial charge in [-0.15, -0.1) is 0 Å². The summed E-state index contributed by atoms with van der Waals surface area (Å²) in [6.07, 6.45) is 0.852. The number of hydrogen-bond donors (Lipinski definition) is 1. The first kappa shape index (κ1) is 16.8. The lowest BCUT2D eigenvalue weighted by Gasteiger charge is -2.12. The van der Waals surface area contributed by atoms with Crippen LogP contribution in [-0.2, 0) is 4.79 Å². The second-order valence-electron chi connectivity index (χ2n) is 4.72. The molecule has 5 nitrogen and oxygen atoms in total. The predicted octanol–water partition coefficient (Wildman–Crippen LogP) is 3.27. The molecule has 6 heteroatoms. The Kier molecular flexibility index (Phi) is 6.00. The number of nitrogens with zero attached hydrogens (tertiary/aromatic N) is 1. The Bertz CT molecular complexity index is 686. The van der Waals surface area contributed by atoms with E-state index in [-0.39, 0.29) is 5.91 Å². The van der Waals surface area contributed by atoms with Crippen LogP contribution in [0.15, 0.2) is 53.6 Å². The molecule has 0 fully saturated rings. The van der Waals surface area contributed by atoms with Crippen LogP contribution in [0.5, 0.6) is 11.5 Å². The van der Waals surface area contributed by atoms with Gasteiger partial charge >= 0.3 is 0 Å². The lowest BCUT2D eigenvalue weighted by molar-refractivity contribution is -0.127. The molecule has 1 N–H and O–H groups in total. The Labute approximate surface area is 139 Å². The van der Waals surface area contributed by atoms with Crippen LogP contribution in [0.25, 0.3) is 0 Å². The monoisotopic (exact) mass is 332 g/mol. The number of carbonyl (C=O) groups is 1. The van der Waals surface area contributed by atoms with Gasteiger partial charge in [0.25, 0.3) is 5.91 Å². The van der Waals surface area contributed by atoms with Crippen LogP contribution >= 0.6 is 11.6 Å². The standard InChI is InChI=1S/C17H17ClN2O3/c1-12(23-16-5-3-4-14(18)10-16)17(21)20-19-11-13-6-8-15(22-2)9-7-13/h3-12H,1-2H3,(H,20,21)/b19-11+. The van der Waals surface area contributed by atoms with Crippen molar-refractivity contribution in [3.05, 3.63) is 59.1 Å². The van der Waals surface area contributed by atoms with Crippen LogP contribution in [0.2, 0.25) is 5.02 Å². The predicted molar refractivity (Wildman–Crippen MR) is 90.3 cm³/mol. The summed E-state index contributed by atoms with van der Waals surface area (Å²) in [6.45, 7) is 1.64. The van der Waals surface area contributed by atoms with Gasteiger partial charge in [-0.3, -0.25) is 4.79 Å². The highest BCUT2D eigenvalue weighted by Gasteiger charge is 2.13. The molecule has 0 aromatic heterocycles. The summed E-state index contributed by atoms with van der Waals surface area (Å²) in [5.74, 6) is 0.934. The molecule has 1 amide bonds. The minimum Gasteiger partial charge on any atom is -0.497 e. The van der Waals surface area contributed by atoms with Crippen molar-refractivity contribution in [2.24, 2.45) is 5.10 Å². The van der Waals surface area contributed by atoms with Gasteiger partial charge in [0.1, 0.15) is 11.5 Å². The van der Waals surface area contributed by atoms with Crippen molar-refractivity contribution in [3.8, 4) is 11.5 Å². The minimum atomic E-state index is -0.693. The molecule has 2 aromatic rings. The number of hydrogen-bond acceptors (Lipinski definition) is 4. The van der Waals surface area contributed by atoms with Gasteiger partial charge in [0.15, 0.2) is 6.10 Å². The summed E-state index contributed by atoms with van der Waals surface area (Å²) in [6, 6.07) is 14.2. The van der Waals surface area contributed by atoms with Crippen LogP contribution in [0.1, 0.15) is 12.5 Å². The van der Waals surface area contributed by atoms with Crippen LogP contribution in [-0.4, -0.2) is 25.3 Å². The van der Waals surface area contributed by atoms with Gasteiger partial charge in [-0.1, -0.05) is 17.7 Å². The number of halogens is 1. The van der Waals surface area contributed by atoms with Crippen LogP contribution in [0.4, 0.5) is 0 Å². The molecule has 0 aliphatic carbocycles. The van der Waals surface area contributed by atoms with Crippen molar-refractivity contribution in [2.75, 3.05) is 7.11 Å². The molecule has 0 aliphatic rings. The molecule has 0 heterocycles. The van der Waals surface area contributed by atoms with E-state index in [1.807, 2.05) is 24.3 Å². The number of nitrogens with one attached hydrogen (secondary N) is 1. The van der Waals surface area contributed by atoms with E-state index in [0.29, 0.717) is 10.8 Å². The van der Waals surface area contributed by atoms with E-state index in [4.69, 9.17) is 21.1 Å². The molecule has 2 rings (SSSR count). The number of ether oxygens (including phenoxy) is 2. The fraction of sp³-hybridized carbons (Fsp3) is 0.176. The van der Waals surface area contributed by atoms with Gasteiger partial charge in [-0.2, -0.15) is 5.10 Å². The molecule has 0 saturated carbocycles. The molecule has 0 saturated heterocycles. The van der Waals surface area contributed by atoms with Crippen molar-refractivity contribution < 1.29 is 14.3 Å². The summed E-state index contributed by atoms with van der Waals surface area (Å²) >= 11 is 5.87. The van der Waals surface area contributed by atoms with Gasteiger partial charge < -0.3 is 9.47 Å². The van der Waals surface area contributed by atoms with E-state index in [9.17, 15) is 4.79 Å². The SMILES string of the molecule is COc1ccc(/C=N/NC(=O)C(C)Oc2cccc(Cl)c2)cc1. The maximum atomic E-state index is 11.9. The van der Waals surface area contributed by atoms with Gasteiger partial charge in [-0.05, 0) is 55.0 Å². The van der Waals surface area contributed by atoms with E-state index in [0.717, 1.165) is 11.3 Å². The van der Waals surface area contributed by atoms with Gasteiger partial charge in [-0.25, -0.2) is 5.43 Å². The number of rotatable bonds is 6. The normalized spacial score (nSPS) is 12.0. The smallest absolute Gasteiger partial charge is 0.280 e. The molecule has 1 unspecified atom stereocenters. The Morgan fingerprint density at radius 1 is 1.22 bits per heavy atom. The summed E-state index contributed by atoms with van der Waals surface area (Å²) in [4.78, 5) is 11.9. The number of hydrazone groups is 1. The Hall–Kier alpha value is -2.53. The van der Waals surface area contributed by atoms with E-state index in [2.05, 4.69) is 10.5 Å². The molecule has 0 aliphatic heterocycles. The lowest BCUT2D eigenvalue weighted by atomic mass is 10.2. The molecule has 120 valence electrons. The number of benzene rings is 2. The van der Waals surface area contributed by atoms with Gasteiger partial charge in [0.2, 0.25) is 0 Å². The first-order valence-electron chi connectivity index (χ1n) is 6.97. The highest BCUT2D eigenvalue weighted by atomic mass is 35.5. The molecular weight excluding hydrogens is 316 g/mol. The van der Waals surface area contributed by atoms with Crippen molar-refractivity contribution >= 4 is 23.7 Å². The number of carbonyl (C=O) groups excluding carboxylic acids is 1. The maximum absolute atomic E-state index is 11.9. The third kappa shape index (κ3) is 5.30. The molecule has 0 bridgehead atoms. The van der Waals surface area contributed by atoms with Crippen molar-refractivity contribution in [3.63, 3.8) is 0 Å². The second kappa shape index (κ2) is 8.19. The van der Waals surface area contributed by atoms with E-state index in [1.165, 1.54) is 0 Å². The quantitative estimate of drug-likeness (QED) is 0.652. The first-order chi connectivity index (χ1) is 11.1. The van der Waals surface area contributed by atoms with Crippen molar-refractivity contribution in [1.29, 1.82) is 0 Å². The largest absolute Gasteiger partial charge is 0.497 e. The van der Waals surface area contributed by atoms with E-state index < -0.39 is 6.10 Å². The number of methoxy groups -OCH3 is 1. The van der Waals surface area contributed by atoms with Gasteiger partial charge in [0, 0.05) is 5.02 Å². The molecule has 1 atom stereocenters. The Morgan fingerprint density at radius 2 is 1.96 bits per heavy atom. The van der Waals surface area contributed by atoms with E-state index >= 15 is 0 Å². The molecule has 0 radical (unpaired) electrons. The third-order valence-electron chi connectivity index (χ3n) is 2.98. The third-order valence-corrected chi connectivity index (χ3v) is 3.22. The molecular formula is C17H17ClN2O3. The van der Waals surface area contributed by atoms with E-state index in [1.54, 1.807) is 44.5 Å². The molecule has 0 spiro atoms. The van der Waals surface area contributed by atoms with Crippen LogP contribution in [0, 0.1) is 0 Å². The highest BCUT2D eigenvalue weighted by Crippen LogP contribution is 2.18. The lowest BCUT2D eigenvalue weighted by Crippen LogP contribution is -2.33. The Balaban J connectivity index is 1.86. The summed E-state index contributed by atoms with van der Waals surface area (Å²) in [7, 11) is 1.60. The maximum Gasteiger partial charge on any atom is 0.280 e. The van der Waals surface area contributed by atoms with Gasteiger partial charge in [0.05, 0.1) is 13.3 Å². The topological polar surface area (TPSA) is 59.9 Å². The zero-order valence-electron chi connectivity index (χ0n) is 12.8. The highest BCUT2D eigenvalue weighted by molar-refractivity contribution is 6.30. The Morgan fingerprint density at radius 3 is 2.61 bits per heavy atom. The average Bonchev–Trinajstić information content (AvgIpc) is 2.55. The van der Waals surface area contributed by atoms with Crippen LogP contribution in [0.3, 0.4) is 0 Å². The minimum absolute atomic E-state index is 0.352. The summed E-state index contributed by atoms with van der Waals surface area (Å²) in [5.41, 5.74) is 3.28.